The Labute approximate surface area is 128 Å². The van der Waals surface area contributed by atoms with Crippen LogP contribution in [0, 0.1) is 0 Å². The van der Waals surface area contributed by atoms with Gasteiger partial charge in [0.1, 0.15) is 5.75 Å². The Morgan fingerprint density at radius 2 is 1.95 bits per heavy atom. The molecule has 3 nitrogen and oxygen atoms in total. The number of aryl methyl sites for hydroxylation is 1. The number of amides is 1. The van der Waals surface area contributed by atoms with Crippen molar-refractivity contribution in [1.82, 2.24) is 0 Å². The first-order valence-electron chi connectivity index (χ1n) is 7.05. The molecule has 0 saturated carbocycles. The third kappa shape index (κ3) is 2.74. The van der Waals surface area contributed by atoms with Crippen molar-refractivity contribution in [1.29, 1.82) is 0 Å². The summed E-state index contributed by atoms with van der Waals surface area (Å²) in [5, 5.41) is 10.1. The molecule has 1 aliphatic heterocycles. The number of fused-ring (bicyclic) bond motifs is 1. The number of hydrogen-bond donors (Lipinski definition) is 1. The van der Waals surface area contributed by atoms with Crippen molar-refractivity contribution < 1.29 is 9.90 Å². The molecule has 0 atom stereocenters. The van der Waals surface area contributed by atoms with Gasteiger partial charge in [-0.05, 0) is 55.2 Å². The maximum absolute atomic E-state index is 12.8. The average Bonchev–Trinajstić information content (AvgIpc) is 2.69. The number of phenolic OH excluding ortho intramolecular Hbond substituents is 1. The van der Waals surface area contributed by atoms with Crippen LogP contribution in [0.25, 0.3) is 0 Å². The lowest BCUT2D eigenvalue weighted by atomic mass is 10.1. The van der Waals surface area contributed by atoms with Gasteiger partial charge >= 0.3 is 0 Å². The van der Waals surface area contributed by atoms with Crippen LogP contribution in [0.5, 0.6) is 5.75 Å². The summed E-state index contributed by atoms with van der Waals surface area (Å²) in [7, 11) is 0. The summed E-state index contributed by atoms with van der Waals surface area (Å²) in [4.78, 5) is 14.6. The third-order valence-electron chi connectivity index (χ3n) is 3.78. The van der Waals surface area contributed by atoms with Gasteiger partial charge in [-0.1, -0.05) is 23.7 Å². The molecule has 3 rings (SSSR count). The molecule has 2 aromatic carbocycles. The molecular weight excluding hydrogens is 286 g/mol. The number of phenols is 1. The molecule has 0 saturated heterocycles. The molecule has 0 spiro atoms. The van der Waals surface area contributed by atoms with Crippen molar-refractivity contribution >= 4 is 23.2 Å². The fourth-order valence-corrected chi connectivity index (χ4v) is 2.95. The first kappa shape index (κ1) is 14.0. The Bertz CT molecular complexity index is 684. The summed E-state index contributed by atoms with van der Waals surface area (Å²) < 4.78 is 0. The molecule has 0 radical (unpaired) electrons. The Morgan fingerprint density at radius 1 is 1.14 bits per heavy atom. The minimum absolute atomic E-state index is 0.0885. The van der Waals surface area contributed by atoms with Crippen LogP contribution in [0.15, 0.2) is 42.5 Å². The van der Waals surface area contributed by atoms with Crippen molar-refractivity contribution in [3.05, 3.63) is 58.6 Å². The molecule has 1 aliphatic rings. The Hall–Kier alpha value is -2.00. The minimum Gasteiger partial charge on any atom is -0.508 e. The predicted octanol–water partition coefficient (Wildman–Crippen LogP) is 4.03. The third-order valence-corrected chi connectivity index (χ3v) is 4.11. The molecule has 1 N–H and O–H groups in total. The van der Waals surface area contributed by atoms with Gasteiger partial charge < -0.3 is 10.0 Å². The van der Waals surface area contributed by atoms with Crippen molar-refractivity contribution in [3.63, 3.8) is 0 Å². The number of benzene rings is 2. The number of carbonyl (C=O) groups excluding carboxylic acids is 1. The van der Waals surface area contributed by atoms with Crippen LogP contribution in [0.4, 0.5) is 5.69 Å². The van der Waals surface area contributed by atoms with E-state index in [-0.39, 0.29) is 11.7 Å². The fraction of sp³-hybridized carbons (Fsp3) is 0.235. The SMILES string of the molecule is O=C(c1ccccc1Cl)N1CCCCc2cc(O)ccc21. The second kappa shape index (κ2) is 5.78. The molecular formula is C17H16ClNO2. The van der Waals surface area contributed by atoms with Gasteiger partial charge in [0, 0.05) is 12.2 Å². The highest BCUT2D eigenvalue weighted by Gasteiger charge is 2.23. The van der Waals surface area contributed by atoms with Crippen molar-refractivity contribution in [2.24, 2.45) is 0 Å². The van der Waals surface area contributed by atoms with E-state index in [1.165, 1.54) is 0 Å². The smallest absolute Gasteiger partial charge is 0.259 e. The fourth-order valence-electron chi connectivity index (χ4n) is 2.73. The van der Waals surface area contributed by atoms with Crippen LogP contribution in [0.1, 0.15) is 28.8 Å². The predicted molar refractivity (Wildman–Crippen MR) is 84.2 cm³/mol. The topological polar surface area (TPSA) is 40.5 Å². The van der Waals surface area contributed by atoms with Gasteiger partial charge in [0.15, 0.2) is 0 Å². The first-order valence-corrected chi connectivity index (χ1v) is 7.43. The van der Waals surface area contributed by atoms with Gasteiger partial charge in [-0.2, -0.15) is 0 Å². The van der Waals surface area contributed by atoms with Crippen molar-refractivity contribution in [2.45, 2.75) is 19.3 Å². The molecule has 0 aromatic heterocycles. The summed E-state index contributed by atoms with van der Waals surface area (Å²) in [6, 6.07) is 12.3. The van der Waals surface area contributed by atoms with E-state index in [1.54, 1.807) is 29.2 Å². The van der Waals surface area contributed by atoms with E-state index in [0.717, 1.165) is 30.5 Å². The number of aromatic hydroxyl groups is 1. The van der Waals surface area contributed by atoms with E-state index in [0.29, 0.717) is 17.1 Å². The Morgan fingerprint density at radius 3 is 2.76 bits per heavy atom. The molecule has 0 aliphatic carbocycles. The number of carbonyl (C=O) groups is 1. The maximum atomic E-state index is 12.8. The van der Waals surface area contributed by atoms with Crippen LogP contribution >= 0.6 is 11.6 Å². The first-order chi connectivity index (χ1) is 10.2. The molecule has 0 fully saturated rings. The number of nitrogens with zero attached hydrogens (tertiary/aromatic N) is 1. The highest BCUT2D eigenvalue weighted by Crippen LogP contribution is 2.31. The number of hydrogen-bond acceptors (Lipinski definition) is 2. The summed E-state index contributed by atoms with van der Waals surface area (Å²) in [5.41, 5.74) is 2.39. The van der Waals surface area contributed by atoms with E-state index in [9.17, 15) is 9.90 Å². The lowest BCUT2D eigenvalue weighted by molar-refractivity contribution is 0.0987. The van der Waals surface area contributed by atoms with Crippen LogP contribution in [-0.2, 0) is 6.42 Å². The van der Waals surface area contributed by atoms with E-state index in [4.69, 9.17) is 11.6 Å². The molecule has 0 unspecified atom stereocenters. The molecule has 1 amide bonds. The maximum Gasteiger partial charge on any atom is 0.259 e. The van der Waals surface area contributed by atoms with E-state index in [2.05, 4.69) is 0 Å². The monoisotopic (exact) mass is 301 g/mol. The van der Waals surface area contributed by atoms with Gasteiger partial charge in [0.05, 0.1) is 10.6 Å². The Balaban J connectivity index is 2.03. The number of anilines is 1. The van der Waals surface area contributed by atoms with Crippen LogP contribution in [0.2, 0.25) is 5.02 Å². The summed E-state index contributed by atoms with van der Waals surface area (Å²) in [6.45, 7) is 0.668. The quantitative estimate of drug-likeness (QED) is 0.864. The lowest BCUT2D eigenvalue weighted by Crippen LogP contribution is -2.31. The van der Waals surface area contributed by atoms with Crippen LogP contribution in [0.3, 0.4) is 0 Å². The standard InChI is InChI=1S/C17H16ClNO2/c18-15-7-2-1-6-14(15)17(21)19-10-4-3-5-12-11-13(20)8-9-16(12)19/h1-2,6-9,11,20H,3-5,10H2. The molecule has 108 valence electrons. The zero-order valence-corrected chi connectivity index (χ0v) is 12.3. The van der Waals surface area contributed by atoms with Crippen LogP contribution in [-0.4, -0.2) is 17.6 Å². The number of halogens is 1. The zero-order chi connectivity index (χ0) is 14.8. The second-order valence-corrected chi connectivity index (χ2v) is 5.61. The average molecular weight is 302 g/mol. The molecule has 21 heavy (non-hydrogen) atoms. The van der Waals surface area contributed by atoms with Gasteiger partial charge in [-0.3, -0.25) is 4.79 Å². The van der Waals surface area contributed by atoms with Crippen molar-refractivity contribution in [3.8, 4) is 5.75 Å². The van der Waals surface area contributed by atoms with E-state index in [1.807, 2.05) is 18.2 Å². The summed E-state index contributed by atoms with van der Waals surface area (Å²) in [5.74, 6) is 0.148. The summed E-state index contributed by atoms with van der Waals surface area (Å²) >= 11 is 6.14. The molecule has 1 heterocycles. The van der Waals surface area contributed by atoms with Crippen molar-refractivity contribution in [2.75, 3.05) is 11.4 Å². The zero-order valence-electron chi connectivity index (χ0n) is 11.6. The highest BCUT2D eigenvalue weighted by atomic mass is 35.5. The molecule has 4 heteroatoms. The van der Waals surface area contributed by atoms with Gasteiger partial charge in [0.25, 0.3) is 5.91 Å². The summed E-state index contributed by atoms with van der Waals surface area (Å²) in [6.07, 6.45) is 2.81. The van der Waals surface area contributed by atoms with E-state index < -0.39 is 0 Å². The number of rotatable bonds is 1. The Kier molecular flexibility index (Phi) is 3.84. The molecule has 2 aromatic rings. The van der Waals surface area contributed by atoms with Crippen LogP contribution < -0.4 is 4.90 Å². The van der Waals surface area contributed by atoms with Gasteiger partial charge in [0.2, 0.25) is 0 Å². The second-order valence-electron chi connectivity index (χ2n) is 5.21. The lowest BCUT2D eigenvalue weighted by Gasteiger charge is -2.23. The minimum atomic E-state index is -0.0885. The van der Waals surface area contributed by atoms with Gasteiger partial charge in [-0.25, -0.2) is 0 Å². The van der Waals surface area contributed by atoms with E-state index >= 15 is 0 Å². The van der Waals surface area contributed by atoms with Gasteiger partial charge in [-0.15, -0.1) is 0 Å². The highest BCUT2D eigenvalue weighted by molar-refractivity contribution is 6.34. The molecule has 0 bridgehead atoms. The normalized spacial score (nSPS) is 14.4. The largest absolute Gasteiger partial charge is 0.508 e.